The maximum atomic E-state index is 10.6. The van der Waals surface area contributed by atoms with Gasteiger partial charge in [-0.15, -0.1) is 11.3 Å². The van der Waals surface area contributed by atoms with Crippen molar-refractivity contribution in [3.8, 4) is 5.75 Å². The van der Waals surface area contributed by atoms with E-state index in [0.29, 0.717) is 22.2 Å². The Labute approximate surface area is 91.1 Å². The van der Waals surface area contributed by atoms with Gasteiger partial charge >= 0.3 is 5.97 Å². The molecule has 0 spiro atoms. The summed E-state index contributed by atoms with van der Waals surface area (Å²) in [5.41, 5.74) is 6.67. The number of carbonyl (C=O) groups is 1. The number of hydrogen-bond acceptors (Lipinski definition) is 5. The van der Waals surface area contributed by atoms with Gasteiger partial charge in [-0.2, -0.15) is 0 Å². The van der Waals surface area contributed by atoms with Crippen LogP contribution < -0.4 is 15.4 Å². The fourth-order valence-electron chi connectivity index (χ4n) is 1.63. The van der Waals surface area contributed by atoms with E-state index in [4.69, 9.17) is 15.6 Å². The van der Waals surface area contributed by atoms with E-state index in [9.17, 15) is 4.79 Å². The number of aliphatic carboxylic acids is 1. The van der Waals surface area contributed by atoms with E-state index in [1.54, 1.807) is 0 Å². The Kier molecular flexibility index (Phi) is 2.44. The van der Waals surface area contributed by atoms with Gasteiger partial charge in [-0.25, -0.2) is 0 Å². The highest BCUT2D eigenvalue weighted by molar-refractivity contribution is 7.17. The number of hydrogen-bond donors (Lipinski definition) is 2. The fourth-order valence-corrected chi connectivity index (χ4v) is 2.69. The third-order valence-electron chi connectivity index (χ3n) is 2.30. The van der Waals surface area contributed by atoms with Crippen LogP contribution in [0.1, 0.15) is 4.88 Å². The number of likely N-dealkylation sites (N-methyl/N-ethyl adjacent to an activating group) is 1. The number of nitrogen functional groups attached to an aromatic ring is 1. The third-order valence-corrected chi connectivity index (χ3v) is 3.29. The van der Waals surface area contributed by atoms with E-state index < -0.39 is 5.97 Å². The van der Waals surface area contributed by atoms with Crippen molar-refractivity contribution >= 4 is 28.0 Å². The quantitative estimate of drug-likeness (QED) is 0.782. The normalized spacial score (nSPS) is 14.6. The zero-order valence-corrected chi connectivity index (χ0v) is 9.13. The molecule has 0 radical (unpaired) electrons. The highest BCUT2D eigenvalue weighted by Gasteiger charge is 2.25. The molecule has 2 heterocycles. The lowest BCUT2D eigenvalue weighted by atomic mass is 10.2. The molecule has 0 atom stereocenters. The zero-order chi connectivity index (χ0) is 11.0. The van der Waals surface area contributed by atoms with Gasteiger partial charge in [0.1, 0.15) is 17.3 Å². The molecule has 0 amide bonds. The van der Waals surface area contributed by atoms with Gasteiger partial charge in [-0.3, -0.25) is 4.79 Å². The Morgan fingerprint density at radius 2 is 2.47 bits per heavy atom. The van der Waals surface area contributed by atoms with E-state index >= 15 is 0 Å². The van der Waals surface area contributed by atoms with Gasteiger partial charge in [-0.1, -0.05) is 0 Å². The Bertz CT molecular complexity index is 402. The topological polar surface area (TPSA) is 75.8 Å². The first-order valence-electron chi connectivity index (χ1n) is 4.56. The fraction of sp³-hybridized carbons (Fsp3) is 0.444. The van der Waals surface area contributed by atoms with Crippen molar-refractivity contribution in [2.75, 3.05) is 30.8 Å². The van der Waals surface area contributed by atoms with Crippen LogP contribution in [0, 0.1) is 0 Å². The van der Waals surface area contributed by atoms with Gasteiger partial charge in [-0.05, 0) is 0 Å². The molecule has 0 aliphatic carbocycles. The Balaban J connectivity index is 2.41. The number of nitrogens with zero attached hydrogens (tertiary/aromatic N) is 1. The minimum absolute atomic E-state index is 0.0297. The van der Waals surface area contributed by atoms with Gasteiger partial charge in [0.15, 0.2) is 5.75 Å². The Hall–Kier alpha value is -1.43. The number of carboxylic acids is 1. The van der Waals surface area contributed by atoms with Crippen LogP contribution in [-0.2, 0) is 11.2 Å². The van der Waals surface area contributed by atoms with E-state index in [-0.39, 0.29) is 6.42 Å². The van der Waals surface area contributed by atoms with Gasteiger partial charge in [0, 0.05) is 7.05 Å². The third kappa shape index (κ3) is 1.72. The van der Waals surface area contributed by atoms with E-state index in [1.165, 1.54) is 11.3 Å². The van der Waals surface area contributed by atoms with E-state index in [2.05, 4.69) is 0 Å². The molecule has 0 aromatic carbocycles. The molecule has 0 saturated heterocycles. The van der Waals surface area contributed by atoms with Gasteiger partial charge in [0.05, 0.1) is 17.8 Å². The molecular weight excluding hydrogens is 216 g/mol. The summed E-state index contributed by atoms with van der Waals surface area (Å²) in [7, 11) is 1.93. The molecule has 2 rings (SSSR count). The van der Waals surface area contributed by atoms with Gasteiger partial charge in [0.25, 0.3) is 0 Å². The highest BCUT2D eigenvalue weighted by atomic mass is 32.1. The van der Waals surface area contributed by atoms with Crippen LogP contribution in [0.4, 0.5) is 10.7 Å². The lowest BCUT2D eigenvalue weighted by Gasteiger charge is -2.26. The predicted molar refractivity (Wildman–Crippen MR) is 58.8 cm³/mol. The van der Waals surface area contributed by atoms with Crippen LogP contribution in [0.3, 0.4) is 0 Å². The van der Waals surface area contributed by atoms with Crippen molar-refractivity contribution in [2.24, 2.45) is 0 Å². The van der Waals surface area contributed by atoms with Crippen molar-refractivity contribution < 1.29 is 14.6 Å². The van der Waals surface area contributed by atoms with Gasteiger partial charge < -0.3 is 20.5 Å². The van der Waals surface area contributed by atoms with Crippen LogP contribution in [0.5, 0.6) is 5.75 Å². The zero-order valence-electron chi connectivity index (χ0n) is 8.32. The summed E-state index contributed by atoms with van der Waals surface area (Å²) in [6.07, 6.45) is -0.0297. The summed E-state index contributed by atoms with van der Waals surface area (Å²) >= 11 is 1.29. The van der Waals surface area contributed by atoms with Crippen molar-refractivity contribution in [1.82, 2.24) is 0 Å². The molecule has 1 aliphatic rings. The van der Waals surface area contributed by atoms with Crippen LogP contribution in [0.25, 0.3) is 0 Å². The van der Waals surface area contributed by atoms with Gasteiger partial charge in [0.2, 0.25) is 0 Å². The van der Waals surface area contributed by atoms with E-state index in [1.807, 2.05) is 11.9 Å². The number of anilines is 2. The first-order valence-corrected chi connectivity index (χ1v) is 5.38. The largest absolute Gasteiger partial charge is 0.488 e. The molecule has 0 fully saturated rings. The predicted octanol–water partition coefficient (Wildman–Crippen LogP) is 0.786. The second-order valence-electron chi connectivity index (χ2n) is 3.41. The summed E-state index contributed by atoms with van der Waals surface area (Å²) in [4.78, 5) is 13.3. The molecule has 6 heteroatoms. The lowest BCUT2D eigenvalue weighted by Crippen LogP contribution is -2.28. The Morgan fingerprint density at radius 3 is 3.13 bits per heavy atom. The molecule has 0 unspecified atom stereocenters. The second-order valence-corrected chi connectivity index (χ2v) is 4.54. The molecule has 1 aromatic heterocycles. The number of ether oxygens (including phenoxy) is 1. The molecule has 82 valence electrons. The number of fused-ring (bicyclic) bond motifs is 1. The second kappa shape index (κ2) is 3.62. The monoisotopic (exact) mass is 228 g/mol. The first-order chi connectivity index (χ1) is 7.09. The summed E-state index contributed by atoms with van der Waals surface area (Å²) in [6, 6.07) is 0. The molecule has 5 nitrogen and oxygen atoms in total. The Morgan fingerprint density at radius 1 is 1.73 bits per heavy atom. The summed E-state index contributed by atoms with van der Waals surface area (Å²) < 4.78 is 5.47. The molecule has 1 aliphatic heterocycles. The maximum Gasteiger partial charge on any atom is 0.308 e. The first kappa shape index (κ1) is 10.1. The average Bonchev–Trinajstić information content (AvgIpc) is 2.44. The SMILES string of the molecule is CN1CCOc2c(CC(=O)O)sc(N)c21. The van der Waals surface area contributed by atoms with Crippen LogP contribution in [0.2, 0.25) is 0 Å². The highest BCUT2D eigenvalue weighted by Crippen LogP contribution is 2.46. The average molecular weight is 228 g/mol. The summed E-state index contributed by atoms with van der Waals surface area (Å²) in [5.74, 6) is -0.218. The molecule has 0 bridgehead atoms. The van der Waals surface area contributed by atoms with E-state index in [0.717, 1.165) is 12.2 Å². The van der Waals surface area contributed by atoms with Crippen molar-refractivity contribution in [3.63, 3.8) is 0 Å². The number of nitrogens with two attached hydrogens (primary N) is 1. The molecular formula is C9H12N2O3S. The summed E-state index contributed by atoms with van der Waals surface area (Å²) in [6.45, 7) is 1.35. The maximum absolute atomic E-state index is 10.6. The van der Waals surface area contributed by atoms with Crippen LogP contribution in [-0.4, -0.2) is 31.3 Å². The van der Waals surface area contributed by atoms with Crippen molar-refractivity contribution in [3.05, 3.63) is 4.88 Å². The van der Waals surface area contributed by atoms with Crippen molar-refractivity contribution in [1.29, 1.82) is 0 Å². The molecule has 1 aromatic rings. The smallest absolute Gasteiger partial charge is 0.308 e. The standard InChI is InChI=1S/C9H12N2O3S/c1-11-2-3-14-8-5(4-6(12)13)15-9(10)7(8)11/h2-4,10H2,1H3,(H,12,13). The number of rotatable bonds is 2. The molecule has 15 heavy (non-hydrogen) atoms. The minimum Gasteiger partial charge on any atom is -0.488 e. The van der Waals surface area contributed by atoms with Crippen LogP contribution >= 0.6 is 11.3 Å². The minimum atomic E-state index is -0.865. The lowest BCUT2D eigenvalue weighted by molar-refractivity contribution is -0.136. The van der Waals surface area contributed by atoms with Crippen LogP contribution in [0.15, 0.2) is 0 Å². The molecule has 0 saturated carbocycles. The summed E-state index contributed by atoms with van der Waals surface area (Å²) in [5, 5.41) is 9.37. The number of thiophene rings is 1. The molecule has 3 N–H and O–H groups in total. The number of carboxylic acid groups (broad SMARTS) is 1. The van der Waals surface area contributed by atoms with Crippen molar-refractivity contribution in [2.45, 2.75) is 6.42 Å².